The van der Waals surface area contributed by atoms with Crippen LogP contribution in [0.15, 0.2) is 39.4 Å². The first kappa shape index (κ1) is 101. The fourth-order valence-electron chi connectivity index (χ4n) is 14.0. The van der Waals surface area contributed by atoms with E-state index < -0.39 is 312 Å². The molecule has 0 spiro atoms. The summed E-state index contributed by atoms with van der Waals surface area (Å²) in [5.41, 5.74) is -0.545. The third-order valence-corrected chi connectivity index (χ3v) is 23.3. The number of allylic oxidation sites excluding steroid dienone is 1. The van der Waals surface area contributed by atoms with Crippen molar-refractivity contribution in [3.63, 3.8) is 0 Å². The van der Waals surface area contributed by atoms with Crippen molar-refractivity contribution in [1.82, 2.24) is 52.4 Å². The van der Waals surface area contributed by atoms with Gasteiger partial charge in [0, 0.05) is 131 Å². The second kappa shape index (κ2) is 48.3. The molecule has 15 atom stereocenters. The predicted molar refractivity (Wildman–Crippen MR) is 440 cm³/mol. The van der Waals surface area contributed by atoms with Crippen LogP contribution in [-0.2, 0) is 121 Å². The molecule has 674 valence electrons. The number of ketones is 7. The lowest BCUT2D eigenvalue weighted by Crippen LogP contribution is -2.59. The highest BCUT2D eigenvalue weighted by Gasteiger charge is 2.46. The molecule has 1 aromatic carbocycles. The number of H-pyrrole nitrogens is 1. The molecule has 2 bridgehead atoms. The van der Waals surface area contributed by atoms with Crippen LogP contribution in [-0.4, -0.2) is 255 Å². The second-order valence-corrected chi connectivity index (χ2v) is 33.1. The zero-order chi connectivity index (χ0) is 91.4. The quantitative estimate of drug-likeness (QED) is 0.0767. The van der Waals surface area contributed by atoms with Crippen LogP contribution in [0.2, 0.25) is 0 Å². The Balaban J connectivity index is 1.45. The fourth-order valence-corrected chi connectivity index (χ4v) is 15.4. The summed E-state index contributed by atoms with van der Waals surface area (Å²) < 4.78 is 21.7. The van der Waals surface area contributed by atoms with Crippen molar-refractivity contribution in [2.75, 3.05) is 57.7 Å². The summed E-state index contributed by atoms with van der Waals surface area (Å²) in [5, 5.41) is 53.3. The lowest BCUT2D eigenvalue weighted by molar-refractivity contribution is -0.148. The van der Waals surface area contributed by atoms with E-state index in [1.165, 1.54) is 39.8 Å². The number of aliphatic hydroxyl groups excluding tert-OH is 1. The Morgan fingerprint density at radius 2 is 1.24 bits per heavy atom. The molecule has 10 amide bonds. The number of nitrogens with one attached hydrogen (secondary N) is 10. The van der Waals surface area contributed by atoms with E-state index in [0.717, 1.165) is 36.8 Å². The van der Waals surface area contributed by atoms with Gasteiger partial charge in [-0.05, 0) is 85.5 Å². The first-order valence-corrected chi connectivity index (χ1v) is 42.4. The van der Waals surface area contributed by atoms with Gasteiger partial charge in [0.15, 0.2) is 40.4 Å². The maximum Gasteiger partial charge on any atom is 0.331 e. The van der Waals surface area contributed by atoms with Crippen LogP contribution in [0.5, 0.6) is 5.75 Å². The maximum atomic E-state index is 15.3. The van der Waals surface area contributed by atoms with Gasteiger partial charge in [-0.3, -0.25) is 91.1 Å². The molecule has 5 heterocycles. The van der Waals surface area contributed by atoms with E-state index in [1.54, 1.807) is 27.7 Å². The fraction of sp³-hybridized carbons (Fsp3) is 0.598. The average Bonchev–Trinajstić information content (AvgIpc) is 1.62. The zero-order valence-corrected chi connectivity index (χ0v) is 72.6. The van der Waals surface area contributed by atoms with Gasteiger partial charge in [0.05, 0.1) is 102 Å². The first-order chi connectivity index (χ1) is 58.0. The predicted octanol–water partition coefficient (Wildman–Crippen LogP) is 1.45. The minimum absolute atomic E-state index is 0.0471. The number of aliphatic hydroxyl groups is 1. The molecule has 0 radical (unpaired) electrons. The van der Waals surface area contributed by atoms with Crippen LogP contribution in [0.1, 0.15) is 171 Å². The number of nitrogens with zero attached hydrogens (tertiary/aromatic N) is 1. The van der Waals surface area contributed by atoms with Crippen molar-refractivity contribution in [2.24, 2.45) is 35.5 Å². The molecule has 6 rings (SSSR count). The number of carboxylic acid groups (broad SMARTS) is 2. The average molecular weight is 1810 g/mol. The molecule has 4 aliphatic rings. The molecule has 39 nitrogen and oxygen atoms in total. The summed E-state index contributed by atoms with van der Waals surface area (Å²) in [6, 6.07) is -9.45. The number of esters is 2. The number of ether oxygens (including phenoxy) is 4. The van der Waals surface area contributed by atoms with Crippen molar-refractivity contribution < 1.29 is 135 Å². The summed E-state index contributed by atoms with van der Waals surface area (Å²) in [4.78, 5) is 297. The second-order valence-electron chi connectivity index (χ2n) is 31.2. The van der Waals surface area contributed by atoms with E-state index in [2.05, 4.69) is 68.8 Å². The number of hydrogen-bond acceptors (Lipinski definition) is 27. The van der Waals surface area contributed by atoms with Crippen molar-refractivity contribution in [2.45, 2.75) is 231 Å². The van der Waals surface area contributed by atoms with Gasteiger partial charge in [0.1, 0.15) is 23.9 Å². The molecular weight excluding hydrogens is 1700 g/mol. The summed E-state index contributed by atoms with van der Waals surface area (Å²) in [5.74, 6) is -27.6. The summed E-state index contributed by atoms with van der Waals surface area (Å²) in [7, 11) is 1.01. The van der Waals surface area contributed by atoms with Crippen LogP contribution < -0.4 is 52.6 Å². The molecule has 4 aliphatic heterocycles. The van der Waals surface area contributed by atoms with Gasteiger partial charge in [-0.25, -0.2) is 9.59 Å². The third kappa shape index (κ3) is 30.6. The molecule has 13 N–H and O–H groups in total. The molecule has 0 aliphatic carbocycles. The number of methoxy groups -OCH3 is 1. The number of anilines is 1. The number of aromatic amines is 1. The van der Waals surface area contributed by atoms with Gasteiger partial charge in [-0.15, -0.1) is 11.8 Å². The Kier molecular flexibility index (Phi) is 39.7. The van der Waals surface area contributed by atoms with Gasteiger partial charge < -0.3 is 92.0 Å². The lowest BCUT2D eigenvalue weighted by atomic mass is 9.84. The number of thioether (sulfide) groups is 1. The number of benzene rings is 1. The van der Waals surface area contributed by atoms with Crippen LogP contribution in [0, 0.1) is 35.5 Å². The molecule has 123 heavy (non-hydrogen) atoms. The Morgan fingerprint density at radius 1 is 0.642 bits per heavy atom. The number of amides is 10. The smallest absolute Gasteiger partial charge is 0.331 e. The molecular formula is C82H110BrN11O28S. The van der Waals surface area contributed by atoms with Crippen LogP contribution >= 0.6 is 27.7 Å². The summed E-state index contributed by atoms with van der Waals surface area (Å²) >= 11 is 3.66. The number of carboxylic acids is 2. The summed E-state index contributed by atoms with van der Waals surface area (Å²) in [6.07, 6.45) is -6.79. The largest absolute Gasteiger partial charge is 0.478 e. The van der Waals surface area contributed by atoms with Crippen LogP contribution in [0.4, 0.5) is 5.69 Å². The van der Waals surface area contributed by atoms with Crippen molar-refractivity contribution in [3.05, 3.63) is 39.9 Å². The standard InChI is InChI=1S/C82H110BrN11O28S/c1-11-39(3)71-60(99)17-18-65(103)87-56-38-123-79-50(28-46(75(111)84-36-68(106)91-71)29-63(102)72(40(4)12-2)92-78(114)57-31-48(96)37-94(57)80(115)55(89-77(56)113)35-70(109)119-10)49-32-54-64(34-53(49)90-79)122-82(118)43(7)27-62(101)45(9)86-67(105)20-24-121-22-14-16-59(98)73(93-76(112)52(83)33-69(107)108)51(30-47(95)25-42(6)81(116)117)58(97)15-13-21-120-23-19-66(104)85-44(8)61(100)26-41(5)74(110)88-54/h25,32-34,39-41,43-46,48,51,55-57,71-73,90,96H,11-24,26-31,35-38H2,1-10H3,(H,84,111)(H,85,104)(H,86,105)(H,87,103)(H,88,110)(H,89,113)(H,91,106)(H,92,114)(H,93,112)(H,107,108)(H,116,117)/b42-25-,52-33+/t39-,40-,41?,43?,44?,45?,46+,48-,51?,55-,56-,57-,71-,72-,73?/m0/s1. The molecule has 2 aromatic rings. The van der Waals surface area contributed by atoms with E-state index in [-0.39, 0.29) is 92.1 Å². The number of halogens is 1. The maximum absolute atomic E-state index is 15.3. The van der Waals surface area contributed by atoms with Crippen LogP contribution in [0.3, 0.4) is 0 Å². The topological polar surface area (TPSA) is 583 Å². The minimum Gasteiger partial charge on any atom is -0.478 e. The van der Waals surface area contributed by atoms with Gasteiger partial charge in [0.2, 0.25) is 53.2 Å². The Bertz CT molecular complexity index is 4450. The number of Topliss-reactive ketones (excluding diaryl/α,β-unsaturated/α-hetero) is 6. The number of rotatable bonds is 13. The molecule has 1 aromatic heterocycles. The van der Waals surface area contributed by atoms with Gasteiger partial charge in [-0.1, -0.05) is 54.4 Å². The number of aromatic nitrogens is 1. The highest BCUT2D eigenvalue weighted by atomic mass is 79.9. The van der Waals surface area contributed by atoms with Crippen LogP contribution in [0.25, 0.3) is 10.9 Å². The zero-order valence-electron chi connectivity index (χ0n) is 70.2. The Morgan fingerprint density at radius 3 is 1.83 bits per heavy atom. The Labute approximate surface area is 721 Å². The lowest BCUT2D eigenvalue weighted by Gasteiger charge is -2.31. The van der Waals surface area contributed by atoms with Gasteiger partial charge in [-0.2, -0.15) is 0 Å². The molecule has 1 fully saturated rings. The molecule has 0 saturated carbocycles. The number of fused-ring (bicyclic) bond motifs is 6. The minimum atomic E-state index is -1.84. The number of carbonyl (C=O) groups excluding carboxylic acids is 19. The van der Waals surface area contributed by atoms with E-state index in [0.29, 0.717) is 12.5 Å². The van der Waals surface area contributed by atoms with E-state index in [4.69, 9.17) is 18.9 Å². The van der Waals surface area contributed by atoms with E-state index >= 15 is 14.4 Å². The van der Waals surface area contributed by atoms with Gasteiger partial charge in [0.25, 0.3) is 5.91 Å². The third-order valence-electron chi connectivity index (χ3n) is 21.6. The van der Waals surface area contributed by atoms with E-state index in [1.807, 2.05) is 0 Å². The first-order valence-electron chi connectivity index (χ1n) is 40.7. The number of hydrogen-bond donors (Lipinski definition) is 13. The molecule has 6 unspecified atom stereocenters. The normalized spacial score (nSPS) is 26.8. The number of aliphatic carboxylic acids is 2. The SMILES string of the molecule is CC[C@H](C)[C@@H]1NC(=O)CNC(=O)[C@H]2CC(=O)[C@H]([C@@H](C)CC)NC(=O)[C@@H]3C[C@H](O)CN3C(=O)[C@H](CC(=O)OC)NC(=O)[C@H](CSc3[nH]c4cc5c(cc4c3C2)NC(=O)C(C)CC(=O)C(C)NC(=O)CCOCCCC(=O)C(CC(=O)/C=C(/C)C(=O)O)C(NC(=O)/C(Br)=C\C(=O)O)C(=O)CCCOCCC(=O)NC(C)C(=O)CC(C)C(=O)O5)NC(=O)CCC1=O. The monoisotopic (exact) mass is 1810 g/mol. The van der Waals surface area contributed by atoms with Crippen molar-refractivity contribution in [3.8, 4) is 5.75 Å². The molecule has 1 saturated heterocycles. The number of carbonyl (C=O) groups is 21. The Hall–Kier alpha value is -10.8. The summed E-state index contributed by atoms with van der Waals surface area (Å²) in [6.45, 7) is 11.0. The molecule has 41 heteroatoms. The highest BCUT2D eigenvalue weighted by Crippen LogP contribution is 2.40. The van der Waals surface area contributed by atoms with Crippen molar-refractivity contribution in [1.29, 1.82) is 0 Å². The van der Waals surface area contributed by atoms with Crippen molar-refractivity contribution >= 4 is 168 Å². The highest BCUT2D eigenvalue weighted by molar-refractivity contribution is 9.12. The van der Waals surface area contributed by atoms with Gasteiger partial charge >= 0.3 is 23.9 Å². The van der Waals surface area contributed by atoms with E-state index in [9.17, 15) is 102 Å².